The lowest BCUT2D eigenvalue weighted by Crippen LogP contribution is -2.39. The molecule has 4 nitrogen and oxygen atoms in total. The fourth-order valence-corrected chi connectivity index (χ4v) is 3.40. The van der Waals surface area contributed by atoms with E-state index >= 15 is 0 Å². The maximum Gasteiger partial charge on any atom is 0.254 e. The van der Waals surface area contributed by atoms with Crippen LogP contribution in [-0.4, -0.2) is 36.2 Å². The fourth-order valence-electron chi connectivity index (χ4n) is 3.40. The summed E-state index contributed by atoms with van der Waals surface area (Å²) in [6, 6.07) is 4.89. The second-order valence-electron chi connectivity index (χ2n) is 6.78. The number of nitrogens with zero attached hydrogens (tertiary/aromatic N) is 1. The molecule has 0 N–H and O–H groups in total. The monoisotopic (exact) mass is 301 g/mol. The standard InChI is InChI=1S/C18H23NO3/c1-11-8-14-15(4-3-7-21-16(14)9-12(11)2)19(13-5-6-13)18(20)17-10-22-17/h8-9,13,15,17H,3-7,10H2,1-2H3. The van der Waals surface area contributed by atoms with Crippen LogP contribution in [0, 0.1) is 13.8 Å². The van der Waals surface area contributed by atoms with Crippen LogP contribution in [0.15, 0.2) is 12.1 Å². The number of ether oxygens (including phenoxy) is 2. The van der Waals surface area contributed by atoms with Crippen molar-refractivity contribution in [1.29, 1.82) is 0 Å². The summed E-state index contributed by atoms with van der Waals surface area (Å²) in [5.41, 5.74) is 3.69. The van der Waals surface area contributed by atoms with Crippen molar-refractivity contribution >= 4 is 5.91 Å². The second kappa shape index (κ2) is 5.27. The summed E-state index contributed by atoms with van der Waals surface area (Å²) >= 11 is 0. The van der Waals surface area contributed by atoms with Gasteiger partial charge in [0, 0.05) is 11.6 Å². The molecular formula is C18H23NO3. The fraction of sp³-hybridized carbons (Fsp3) is 0.611. The van der Waals surface area contributed by atoms with Crippen molar-refractivity contribution in [2.45, 2.75) is 57.7 Å². The first-order valence-electron chi connectivity index (χ1n) is 8.33. The van der Waals surface area contributed by atoms with Gasteiger partial charge in [0.2, 0.25) is 0 Å². The quantitative estimate of drug-likeness (QED) is 0.806. The van der Waals surface area contributed by atoms with E-state index in [1.165, 1.54) is 16.7 Å². The van der Waals surface area contributed by atoms with E-state index < -0.39 is 0 Å². The van der Waals surface area contributed by atoms with Gasteiger partial charge in [0.25, 0.3) is 5.91 Å². The van der Waals surface area contributed by atoms with Crippen molar-refractivity contribution in [3.05, 3.63) is 28.8 Å². The summed E-state index contributed by atoms with van der Waals surface area (Å²) in [6.45, 7) is 5.56. The summed E-state index contributed by atoms with van der Waals surface area (Å²) in [6.07, 6.45) is 4.01. The van der Waals surface area contributed by atoms with Crippen molar-refractivity contribution in [3.63, 3.8) is 0 Å². The number of aryl methyl sites for hydroxylation is 2. The molecule has 1 aliphatic carbocycles. The van der Waals surface area contributed by atoms with E-state index in [0.29, 0.717) is 12.6 Å². The van der Waals surface area contributed by atoms with Gasteiger partial charge in [-0.05, 0) is 56.7 Å². The third-order valence-electron chi connectivity index (χ3n) is 5.00. The molecule has 2 heterocycles. The van der Waals surface area contributed by atoms with E-state index in [-0.39, 0.29) is 18.1 Å². The molecule has 2 aliphatic heterocycles. The Morgan fingerprint density at radius 1 is 1.18 bits per heavy atom. The van der Waals surface area contributed by atoms with Crippen LogP contribution >= 0.6 is 0 Å². The van der Waals surface area contributed by atoms with Gasteiger partial charge in [-0.25, -0.2) is 0 Å². The lowest BCUT2D eigenvalue weighted by molar-refractivity contribution is -0.135. The first-order chi connectivity index (χ1) is 10.6. The highest BCUT2D eigenvalue weighted by molar-refractivity contribution is 5.84. The van der Waals surface area contributed by atoms with E-state index in [1.807, 2.05) is 0 Å². The van der Waals surface area contributed by atoms with Crippen molar-refractivity contribution in [2.24, 2.45) is 0 Å². The van der Waals surface area contributed by atoms with Crippen LogP contribution in [0.3, 0.4) is 0 Å². The Labute approximate surface area is 131 Å². The van der Waals surface area contributed by atoms with Crippen molar-refractivity contribution < 1.29 is 14.3 Å². The molecule has 1 saturated carbocycles. The molecule has 0 bridgehead atoms. The predicted molar refractivity (Wildman–Crippen MR) is 83.0 cm³/mol. The molecule has 1 saturated heterocycles. The Hall–Kier alpha value is -1.55. The van der Waals surface area contributed by atoms with E-state index in [4.69, 9.17) is 9.47 Å². The Bertz CT molecular complexity index is 605. The topological polar surface area (TPSA) is 42.1 Å². The van der Waals surface area contributed by atoms with E-state index in [9.17, 15) is 4.79 Å². The Balaban J connectivity index is 1.73. The summed E-state index contributed by atoms with van der Waals surface area (Å²) in [4.78, 5) is 14.8. The van der Waals surface area contributed by atoms with E-state index in [1.54, 1.807) is 0 Å². The third-order valence-corrected chi connectivity index (χ3v) is 5.00. The highest BCUT2D eigenvalue weighted by atomic mass is 16.6. The number of hydrogen-bond acceptors (Lipinski definition) is 3. The van der Waals surface area contributed by atoms with Gasteiger partial charge in [0.1, 0.15) is 5.75 Å². The number of epoxide rings is 1. The zero-order valence-corrected chi connectivity index (χ0v) is 13.3. The minimum Gasteiger partial charge on any atom is -0.493 e. The largest absolute Gasteiger partial charge is 0.493 e. The Morgan fingerprint density at radius 2 is 1.91 bits per heavy atom. The molecule has 3 aliphatic rings. The maximum absolute atomic E-state index is 12.7. The molecule has 22 heavy (non-hydrogen) atoms. The van der Waals surface area contributed by atoms with Crippen LogP contribution in [-0.2, 0) is 9.53 Å². The molecule has 118 valence electrons. The lowest BCUT2D eigenvalue weighted by Gasteiger charge is -2.32. The van der Waals surface area contributed by atoms with Crippen LogP contribution in [0.2, 0.25) is 0 Å². The number of carbonyl (C=O) groups excluding carboxylic acids is 1. The van der Waals surface area contributed by atoms with Crippen LogP contribution in [0.5, 0.6) is 5.75 Å². The molecule has 1 aromatic rings. The van der Waals surface area contributed by atoms with Gasteiger partial charge in [-0.2, -0.15) is 0 Å². The van der Waals surface area contributed by atoms with Crippen molar-refractivity contribution in [1.82, 2.24) is 4.90 Å². The van der Waals surface area contributed by atoms with Gasteiger partial charge >= 0.3 is 0 Å². The number of benzene rings is 1. The molecule has 0 spiro atoms. The van der Waals surface area contributed by atoms with Crippen LogP contribution in [0.25, 0.3) is 0 Å². The second-order valence-corrected chi connectivity index (χ2v) is 6.78. The molecule has 1 amide bonds. The summed E-state index contributed by atoms with van der Waals surface area (Å²) < 4.78 is 11.2. The van der Waals surface area contributed by atoms with Crippen LogP contribution in [0.1, 0.15) is 48.4 Å². The average Bonchev–Trinajstić information content (AvgIpc) is 3.37. The third kappa shape index (κ3) is 2.50. The SMILES string of the molecule is Cc1cc2c(cc1C)C(N(C(=O)C1CO1)C1CC1)CCCO2. The molecule has 2 atom stereocenters. The predicted octanol–water partition coefficient (Wildman–Crippen LogP) is 2.91. The normalized spacial score (nSPS) is 26.6. The van der Waals surface area contributed by atoms with Gasteiger partial charge in [0.15, 0.2) is 6.10 Å². The van der Waals surface area contributed by atoms with Crippen LogP contribution < -0.4 is 4.74 Å². The zero-order chi connectivity index (χ0) is 15.3. The maximum atomic E-state index is 12.7. The first kappa shape index (κ1) is 14.1. The highest BCUT2D eigenvalue weighted by Gasteiger charge is 2.45. The number of hydrogen-bond donors (Lipinski definition) is 0. The average molecular weight is 301 g/mol. The number of fused-ring (bicyclic) bond motifs is 1. The molecule has 1 aromatic carbocycles. The number of rotatable bonds is 3. The van der Waals surface area contributed by atoms with Crippen LogP contribution in [0.4, 0.5) is 0 Å². The molecule has 2 fully saturated rings. The lowest BCUT2D eigenvalue weighted by atomic mass is 9.95. The minimum atomic E-state index is -0.195. The number of amides is 1. The van der Waals surface area contributed by atoms with E-state index in [2.05, 4.69) is 30.9 Å². The minimum absolute atomic E-state index is 0.140. The summed E-state index contributed by atoms with van der Waals surface area (Å²) in [5.74, 6) is 1.14. The van der Waals surface area contributed by atoms with Gasteiger partial charge in [-0.1, -0.05) is 6.07 Å². The Morgan fingerprint density at radius 3 is 2.59 bits per heavy atom. The molecular weight excluding hydrogens is 278 g/mol. The summed E-state index contributed by atoms with van der Waals surface area (Å²) in [5, 5.41) is 0. The van der Waals surface area contributed by atoms with Gasteiger partial charge in [-0.3, -0.25) is 4.79 Å². The van der Waals surface area contributed by atoms with Gasteiger partial charge in [-0.15, -0.1) is 0 Å². The molecule has 2 unspecified atom stereocenters. The molecule has 4 heteroatoms. The highest BCUT2D eigenvalue weighted by Crippen LogP contribution is 2.43. The van der Waals surface area contributed by atoms with E-state index in [0.717, 1.165) is 38.0 Å². The van der Waals surface area contributed by atoms with Crippen molar-refractivity contribution in [3.8, 4) is 5.75 Å². The van der Waals surface area contributed by atoms with Crippen molar-refractivity contribution in [2.75, 3.05) is 13.2 Å². The molecule has 0 aromatic heterocycles. The molecule has 4 rings (SSSR count). The molecule has 0 radical (unpaired) electrons. The van der Waals surface area contributed by atoms with Gasteiger partial charge in [0.05, 0.1) is 19.3 Å². The summed E-state index contributed by atoms with van der Waals surface area (Å²) in [7, 11) is 0. The zero-order valence-electron chi connectivity index (χ0n) is 13.3. The van der Waals surface area contributed by atoms with Gasteiger partial charge < -0.3 is 14.4 Å². The smallest absolute Gasteiger partial charge is 0.254 e. The Kier molecular flexibility index (Phi) is 3.37. The first-order valence-corrected chi connectivity index (χ1v) is 8.33. The number of carbonyl (C=O) groups is 1.